The Morgan fingerprint density at radius 3 is 2.74 bits per heavy atom. The number of hydrogen-bond donors (Lipinski definition) is 3. The number of hydrogen-bond acceptors (Lipinski definition) is 3. The zero-order chi connectivity index (χ0) is 14.3. The third-order valence-electron chi connectivity index (χ3n) is 2.77. The summed E-state index contributed by atoms with van der Waals surface area (Å²) in [5.74, 6) is 0.304. The average molecular weight is 265 g/mol. The van der Waals surface area contributed by atoms with Crippen molar-refractivity contribution < 1.29 is 9.53 Å². The highest BCUT2D eigenvalue weighted by Crippen LogP contribution is 2.11. The molecule has 19 heavy (non-hydrogen) atoms. The van der Waals surface area contributed by atoms with Crippen molar-refractivity contribution >= 4 is 17.4 Å². The summed E-state index contributed by atoms with van der Waals surface area (Å²) in [4.78, 5) is 11.9. The lowest BCUT2D eigenvalue weighted by Gasteiger charge is -2.22. The lowest BCUT2D eigenvalue weighted by molar-refractivity contribution is 0.111. The molecule has 0 spiro atoms. The molecule has 0 saturated heterocycles. The van der Waals surface area contributed by atoms with Gasteiger partial charge >= 0.3 is 6.03 Å². The number of benzene rings is 1. The minimum Gasteiger partial charge on any atom is -0.399 e. The van der Waals surface area contributed by atoms with Gasteiger partial charge in [-0.05, 0) is 31.0 Å². The second-order valence-electron chi connectivity index (χ2n) is 4.73. The van der Waals surface area contributed by atoms with Crippen LogP contribution in [-0.4, -0.2) is 25.3 Å². The highest BCUT2D eigenvalue weighted by Gasteiger charge is 2.16. The molecule has 0 bridgehead atoms. The maximum Gasteiger partial charge on any atom is 0.319 e. The van der Waals surface area contributed by atoms with E-state index in [9.17, 15) is 4.79 Å². The highest BCUT2D eigenvalue weighted by atomic mass is 16.5. The minimum absolute atomic E-state index is 0.0130. The van der Waals surface area contributed by atoms with Gasteiger partial charge in [0.1, 0.15) is 0 Å². The zero-order valence-corrected chi connectivity index (χ0v) is 11.8. The molecule has 0 aliphatic heterocycles. The molecule has 1 atom stereocenters. The van der Waals surface area contributed by atoms with E-state index in [2.05, 4.69) is 10.6 Å². The molecule has 1 unspecified atom stereocenters. The summed E-state index contributed by atoms with van der Waals surface area (Å²) < 4.78 is 5.36. The van der Waals surface area contributed by atoms with Crippen molar-refractivity contribution in [1.29, 1.82) is 0 Å². The van der Waals surface area contributed by atoms with Crippen LogP contribution in [0.4, 0.5) is 16.2 Å². The van der Waals surface area contributed by atoms with Crippen molar-refractivity contribution in [2.75, 3.05) is 24.3 Å². The quantitative estimate of drug-likeness (QED) is 0.691. The van der Waals surface area contributed by atoms with E-state index in [1.54, 1.807) is 24.3 Å². The second-order valence-corrected chi connectivity index (χ2v) is 4.73. The van der Waals surface area contributed by atoms with Crippen LogP contribution in [-0.2, 0) is 4.74 Å². The van der Waals surface area contributed by atoms with Gasteiger partial charge in [-0.25, -0.2) is 4.79 Å². The molecule has 0 saturated carbocycles. The van der Waals surface area contributed by atoms with E-state index in [-0.39, 0.29) is 12.1 Å². The number of carbonyl (C=O) groups is 1. The molecular formula is C14H23N3O2. The Bertz CT molecular complexity index is 407. The molecule has 1 rings (SSSR count). The third kappa shape index (κ3) is 5.61. The van der Waals surface area contributed by atoms with Crippen molar-refractivity contribution in [1.82, 2.24) is 5.32 Å². The third-order valence-corrected chi connectivity index (χ3v) is 2.77. The first kappa shape index (κ1) is 15.3. The van der Waals surface area contributed by atoms with Crippen LogP contribution < -0.4 is 16.4 Å². The van der Waals surface area contributed by atoms with Gasteiger partial charge in [-0.2, -0.15) is 0 Å². The summed E-state index contributed by atoms with van der Waals surface area (Å²) in [7, 11) is 0. The molecule has 0 fully saturated rings. The van der Waals surface area contributed by atoms with Gasteiger partial charge in [0.15, 0.2) is 0 Å². The molecule has 1 aromatic carbocycles. The van der Waals surface area contributed by atoms with Crippen molar-refractivity contribution in [2.45, 2.75) is 26.8 Å². The Kier molecular flexibility index (Phi) is 6.15. The van der Waals surface area contributed by atoms with Gasteiger partial charge in [0.25, 0.3) is 0 Å². The molecule has 2 amide bonds. The van der Waals surface area contributed by atoms with Crippen molar-refractivity contribution in [3.05, 3.63) is 24.3 Å². The summed E-state index contributed by atoms with van der Waals surface area (Å²) in [6.45, 7) is 7.18. The molecule has 5 heteroatoms. The number of carbonyl (C=O) groups excluding carboxylic acids is 1. The zero-order valence-electron chi connectivity index (χ0n) is 11.8. The summed E-state index contributed by atoms with van der Waals surface area (Å²) in [5.41, 5.74) is 6.95. The molecule has 4 N–H and O–H groups in total. The monoisotopic (exact) mass is 265 g/mol. The van der Waals surface area contributed by atoms with Gasteiger partial charge in [-0.3, -0.25) is 0 Å². The van der Waals surface area contributed by atoms with Gasteiger partial charge < -0.3 is 21.1 Å². The highest BCUT2D eigenvalue weighted by molar-refractivity contribution is 5.89. The Morgan fingerprint density at radius 1 is 1.42 bits per heavy atom. The lowest BCUT2D eigenvalue weighted by atomic mass is 10.1. The number of urea groups is 1. The normalized spacial score (nSPS) is 12.2. The summed E-state index contributed by atoms with van der Waals surface area (Å²) in [5, 5.41) is 5.66. The number of nitrogens with two attached hydrogens (primary N) is 1. The van der Waals surface area contributed by atoms with Gasteiger partial charge in [0.05, 0.1) is 12.6 Å². The van der Waals surface area contributed by atoms with Crippen molar-refractivity contribution in [3.8, 4) is 0 Å². The fraction of sp³-hybridized carbons (Fsp3) is 0.500. The SMILES string of the molecule is CCOCC(NC(=O)Nc1cccc(N)c1)C(C)C. The Labute approximate surface area is 114 Å². The molecule has 106 valence electrons. The van der Waals surface area contributed by atoms with Gasteiger partial charge in [-0.1, -0.05) is 19.9 Å². The number of nitrogen functional groups attached to an aromatic ring is 1. The molecule has 0 radical (unpaired) electrons. The maximum absolute atomic E-state index is 11.9. The number of ether oxygens (including phenoxy) is 1. The van der Waals surface area contributed by atoms with Crippen molar-refractivity contribution in [2.24, 2.45) is 5.92 Å². The maximum atomic E-state index is 11.9. The Morgan fingerprint density at radius 2 is 2.16 bits per heavy atom. The first-order valence-corrected chi connectivity index (χ1v) is 6.53. The summed E-state index contributed by atoms with van der Waals surface area (Å²) in [6.07, 6.45) is 0. The van der Waals surface area contributed by atoms with Crippen LogP contribution in [0.1, 0.15) is 20.8 Å². The van der Waals surface area contributed by atoms with Crippen LogP contribution in [0.2, 0.25) is 0 Å². The largest absolute Gasteiger partial charge is 0.399 e. The van der Waals surface area contributed by atoms with Crippen LogP contribution in [0.25, 0.3) is 0 Å². The van der Waals surface area contributed by atoms with E-state index in [1.165, 1.54) is 0 Å². The van der Waals surface area contributed by atoms with Gasteiger partial charge in [0, 0.05) is 18.0 Å². The Hall–Kier alpha value is -1.75. The minimum atomic E-state index is -0.246. The fourth-order valence-corrected chi connectivity index (χ4v) is 1.60. The molecule has 0 aromatic heterocycles. The van der Waals surface area contributed by atoms with Crippen molar-refractivity contribution in [3.63, 3.8) is 0 Å². The molecule has 5 nitrogen and oxygen atoms in total. The van der Waals surface area contributed by atoms with E-state index in [0.29, 0.717) is 30.5 Å². The number of nitrogens with one attached hydrogen (secondary N) is 2. The van der Waals surface area contributed by atoms with E-state index in [1.807, 2.05) is 20.8 Å². The van der Waals surface area contributed by atoms with Gasteiger partial charge in [-0.15, -0.1) is 0 Å². The lowest BCUT2D eigenvalue weighted by Crippen LogP contribution is -2.44. The summed E-state index contributed by atoms with van der Waals surface area (Å²) >= 11 is 0. The molecule has 0 aliphatic rings. The number of rotatable bonds is 6. The van der Waals surface area contributed by atoms with E-state index in [4.69, 9.17) is 10.5 Å². The van der Waals surface area contributed by atoms with Crippen LogP contribution in [0, 0.1) is 5.92 Å². The molecule has 0 aliphatic carbocycles. The number of anilines is 2. The predicted molar refractivity (Wildman–Crippen MR) is 78.1 cm³/mol. The topological polar surface area (TPSA) is 76.4 Å². The average Bonchev–Trinajstić information content (AvgIpc) is 2.34. The van der Waals surface area contributed by atoms with Crippen LogP contribution in [0.5, 0.6) is 0 Å². The van der Waals surface area contributed by atoms with Gasteiger partial charge in [0.2, 0.25) is 0 Å². The van der Waals surface area contributed by atoms with E-state index < -0.39 is 0 Å². The number of amides is 2. The predicted octanol–water partition coefficient (Wildman–Crippen LogP) is 2.45. The molecular weight excluding hydrogens is 242 g/mol. The molecule has 1 aromatic rings. The Balaban J connectivity index is 2.52. The fourth-order valence-electron chi connectivity index (χ4n) is 1.60. The van der Waals surface area contributed by atoms with E-state index in [0.717, 1.165) is 0 Å². The van der Waals surface area contributed by atoms with E-state index >= 15 is 0 Å². The smallest absolute Gasteiger partial charge is 0.319 e. The standard InChI is InChI=1S/C14H23N3O2/c1-4-19-9-13(10(2)3)17-14(18)16-12-7-5-6-11(15)8-12/h5-8,10,13H,4,9,15H2,1-3H3,(H2,16,17,18). The summed E-state index contributed by atoms with van der Waals surface area (Å²) in [6, 6.07) is 6.82. The first-order chi connectivity index (χ1) is 9.02. The first-order valence-electron chi connectivity index (χ1n) is 6.53. The van der Waals surface area contributed by atoms with Crippen LogP contribution in [0.15, 0.2) is 24.3 Å². The molecule has 0 heterocycles. The van der Waals surface area contributed by atoms with Crippen LogP contribution in [0.3, 0.4) is 0 Å². The van der Waals surface area contributed by atoms with Crippen LogP contribution >= 0.6 is 0 Å². The second kappa shape index (κ2) is 7.63.